The third-order valence-electron chi connectivity index (χ3n) is 5.49. The van der Waals surface area contributed by atoms with E-state index in [0.29, 0.717) is 18.7 Å². The Morgan fingerprint density at radius 1 is 1.09 bits per heavy atom. The summed E-state index contributed by atoms with van der Waals surface area (Å²) in [6.07, 6.45) is 3.94. The van der Waals surface area contributed by atoms with Gasteiger partial charge in [0, 0.05) is 23.6 Å². The summed E-state index contributed by atoms with van der Waals surface area (Å²) in [5.41, 5.74) is 11.0. The van der Waals surface area contributed by atoms with Crippen molar-refractivity contribution in [2.75, 3.05) is 11.9 Å². The number of para-hydroxylation sites is 1. The van der Waals surface area contributed by atoms with Gasteiger partial charge in [0.25, 0.3) is 0 Å². The number of amides is 1. The van der Waals surface area contributed by atoms with Crippen LogP contribution >= 0.6 is 0 Å². The van der Waals surface area contributed by atoms with Crippen LogP contribution in [0.5, 0.6) is 0 Å². The molecule has 0 saturated carbocycles. The highest BCUT2D eigenvalue weighted by Crippen LogP contribution is 2.29. The van der Waals surface area contributed by atoms with E-state index in [9.17, 15) is 4.79 Å². The predicted molar refractivity (Wildman–Crippen MR) is 128 cm³/mol. The Bertz CT molecular complexity index is 1200. The van der Waals surface area contributed by atoms with Crippen LogP contribution in [-0.2, 0) is 23.2 Å². The van der Waals surface area contributed by atoms with Crippen molar-refractivity contribution in [3.8, 4) is 0 Å². The molecule has 1 unspecified atom stereocenters. The number of hydrogen-bond donors (Lipinski definition) is 2. The third kappa shape index (κ3) is 4.81. The van der Waals surface area contributed by atoms with Gasteiger partial charge in [0.05, 0.1) is 29.7 Å². The first kappa shape index (κ1) is 21.6. The molecule has 6 heteroatoms. The zero-order valence-electron chi connectivity index (χ0n) is 18.4. The monoisotopic (exact) mass is 428 g/mol. The van der Waals surface area contributed by atoms with Gasteiger partial charge in [-0.15, -0.1) is 0 Å². The number of carbonyl (C=O) groups excluding carboxylic acids is 1. The van der Waals surface area contributed by atoms with E-state index < -0.39 is 11.6 Å². The maximum Gasteiger partial charge on any atom is 0.411 e. The van der Waals surface area contributed by atoms with Crippen LogP contribution in [0.3, 0.4) is 0 Å². The van der Waals surface area contributed by atoms with Crippen molar-refractivity contribution in [2.45, 2.75) is 32.4 Å². The number of nitrogens with zero attached hydrogens (tertiary/aromatic N) is 2. The molecular formula is C26H28N4O2. The topological polar surface area (TPSA) is 82.2 Å². The second kappa shape index (κ2) is 9.24. The molecule has 0 aliphatic heterocycles. The second-order valence-electron chi connectivity index (χ2n) is 8.16. The summed E-state index contributed by atoms with van der Waals surface area (Å²) >= 11 is 0. The number of anilines is 1. The molecule has 1 amide bonds. The maximum atomic E-state index is 11.6. The highest BCUT2D eigenvalue weighted by molar-refractivity contribution is 5.85. The van der Waals surface area contributed by atoms with Gasteiger partial charge in [0.15, 0.2) is 0 Å². The van der Waals surface area contributed by atoms with Crippen molar-refractivity contribution in [3.05, 3.63) is 95.9 Å². The van der Waals surface area contributed by atoms with E-state index in [1.165, 1.54) is 22.0 Å². The average Bonchev–Trinajstić information content (AvgIpc) is 3.11. The van der Waals surface area contributed by atoms with E-state index in [1.807, 2.05) is 19.1 Å². The van der Waals surface area contributed by atoms with Crippen LogP contribution in [0.25, 0.3) is 10.9 Å². The lowest BCUT2D eigenvalue weighted by Crippen LogP contribution is -2.36. The van der Waals surface area contributed by atoms with Crippen LogP contribution in [0, 0.1) is 0 Å². The lowest BCUT2D eigenvalue weighted by Gasteiger charge is -2.24. The first-order valence-corrected chi connectivity index (χ1v) is 10.8. The van der Waals surface area contributed by atoms with Crippen LogP contribution in [0.2, 0.25) is 0 Å². The van der Waals surface area contributed by atoms with Gasteiger partial charge in [-0.3, -0.25) is 10.3 Å². The van der Waals surface area contributed by atoms with Gasteiger partial charge in [0.1, 0.15) is 0 Å². The van der Waals surface area contributed by atoms with Gasteiger partial charge < -0.3 is 15.0 Å². The molecule has 0 aliphatic rings. The van der Waals surface area contributed by atoms with Crippen LogP contribution in [0.4, 0.5) is 10.5 Å². The summed E-state index contributed by atoms with van der Waals surface area (Å²) in [5.74, 6) is 0. The minimum atomic E-state index is -0.676. The molecule has 0 bridgehead atoms. The van der Waals surface area contributed by atoms with E-state index in [2.05, 4.69) is 69.6 Å². The quantitative estimate of drug-likeness (QED) is 0.431. The number of rotatable bonds is 7. The highest BCUT2D eigenvalue weighted by atomic mass is 16.5. The number of ether oxygens (including phenoxy) is 1. The first-order chi connectivity index (χ1) is 15.5. The fourth-order valence-corrected chi connectivity index (χ4v) is 3.95. The number of hydrogen-bond acceptors (Lipinski definition) is 4. The van der Waals surface area contributed by atoms with Crippen molar-refractivity contribution in [2.24, 2.45) is 5.73 Å². The number of fused-ring (bicyclic) bond motifs is 1. The average molecular weight is 429 g/mol. The Labute approximate surface area is 188 Å². The molecule has 164 valence electrons. The zero-order valence-corrected chi connectivity index (χ0v) is 18.4. The molecule has 6 nitrogen and oxygen atoms in total. The van der Waals surface area contributed by atoms with Crippen LogP contribution in [-0.4, -0.2) is 22.3 Å². The molecule has 32 heavy (non-hydrogen) atoms. The van der Waals surface area contributed by atoms with Gasteiger partial charge in [0.2, 0.25) is 0 Å². The molecule has 0 fully saturated rings. The number of carbonyl (C=O) groups is 1. The molecule has 0 spiro atoms. The van der Waals surface area contributed by atoms with Gasteiger partial charge in [-0.2, -0.15) is 0 Å². The van der Waals surface area contributed by atoms with Crippen molar-refractivity contribution >= 4 is 22.7 Å². The minimum Gasteiger partial charge on any atom is -0.450 e. The third-order valence-corrected chi connectivity index (χ3v) is 5.49. The van der Waals surface area contributed by atoms with E-state index >= 15 is 0 Å². The van der Waals surface area contributed by atoms with E-state index in [4.69, 9.17) is 10.5 Å². The molecule has 0 saturated heterocycles. The lowest BCUT2D eigenvalue weighted by molar-refractivity contribution is 0.168. The number of pyridine rings is 1. The summed E-state index contributed by atoms with van der Waals surface area (Å²) < 4.78 is 7.18. The summed E-state index contributed by atoms with van der Waals surface area (Å²) in [5, 5.41) is 3.85. The molecule has 1 atom stereocenters. The molecule has 2 aromatic heterocycles. The number of aromatic nitrogens is 2. The fourth-order valence-electron chi connectivity index (χ4n) is 3.95. The Hall–Kier alpha value is -3.64. The fraction of sp³-hybridized carbons (Fsp3) is 0.231. The van der Waals surface area contributed by atoms with Crippen molar-refractivity contribution in [3.63, 3.8) is 0 Å². The number of benzene rings is 2. The normalized spacial score (nSPS) is 13.0. The Morgan fingerprint density at radius 3 is 2.56 bits per heavy atom. The Morgan fingerprint density at radius 2 is 1.84 bits per heavy atom. The molecule has 2 heterocycles. The van der Waals surface area contributed by atoms with Crippen LogP contribution in [0.1, 0.15) is 30.7 Å². The standard InChI is InChI=1S/C26H28N4O2/c1-3-32-25(31)29-21-13-14-24(28-16-21)26(2,27)15-20-18-30(17-19-9-5-4-6-10-19)23-12-8-7-11-22(20)23/h4-14,16,18H,3,15,17,27H2,1-2H3,(H,29,31). The Balaban J connectivity index is 1.57. The lowest BCUT2D eigenvalue weighted by atomic mass is 9.90. The molecule has 0 radical (unpaired) electrons. The molecule has 3 N–H and O–H groups in total. The summed E-state index contributed by atoms with van der Waals surface area (Å²) in [6.45, 7) is 4.86. The van der Waals surface area contributed by atoms with Crippen molar-refractivity contribution in [1.82, 2.24) is 9.55 Å². The van der Waals surface area contributed by atoms with Gasteiger partial charge in [-0.25, -0.2) is 4.79 Å². The molecule has 4 rings (SSSR count). The van der Waals surface area contributed by atoms with Gasteiger partial charge in [-0.05, 0) is 49.6 Å². The van der Waals surface area contributed by atoms with Crippen LogP contribution in [0.15, 0.2) is 79.1 Å². The summed E-state index contributed by atoms with van der Waals surface area (Å²) in [6, 6.07) is 22.5. The van der Waals surface area contributed by atoms with E-state index in [-0.39, 0.29) is 0 Å². The summed E-state index contributed by atoms with van der Waals surface area (Å²) in [7, 11) is 0. The van der Waals surface area contributed by atoms with Crippen molar-refractivity contribution < 1.29 is 9.53 Å². The first-order valence-electron chi connectivity index (χ1n) is 10.8. The zero-order chi connectivity index (χ0) is 22.6. The number of nitrogens with two attached hydrogens (primary N) is 1. The second-order valence-corrected chi connectivity index (χ2v) is 8.16. The highest BCUT2D eigenvalue weighted by Gasteiger charge is 2.25. The van der Waals surface area contributed by atoms with Crippen molar-refractivity contribution in [1.29, 1.82) is 0 Å². The Kier molecular flexibility index (Phi) is 6.23. The molecular weight excluding hydrogens is 400 g/mol. The molecule has 4 aromatic rings. The maximum absolute atomic E-state index is 11.6. The molecule has 0 aliphatic carbocycles. The number of nitrogens with one attached hydrogen (secondary N) is 1. The summed E-state index contributed by atoms with van der Waals surface area (Å²) in [4.78, 5) is 16.1. The SMILES string of the molecule is CCOC(=O)Nc1ccc(C(C)(N)Cc2cn(Cc3ccccc3)c3ccccc23)nc1. The van der Waals surface area contributed by atoms with Gasteiger partial charge in [-0.1, -0.05) is 48.5 Å². The smallest absolute Gasteiger partial charge is 0.411 e. The largest absolute Gasteiger partial charge is 0.450 e. The van der Waals surface area contributed by atoms with E-state index in [1.54, 1.807) is 19.2 Å². The van der Waals surface area contributed by atoms with Crippen LogP contribution < -0.4 is 11.1 Å². The predicted octanol–water partition coefficient (Wildman–Crippen LogP) is 5.07. The van der Waals surface area contributed by atoms with E-state index in [0.717, 1.165) is 12.2 Å². The minimum absolute atomic E-state index is 0.316. The molecule has 2 aromatic carbocycles. The van der Waals surface area contributed by atoms with Gasteiger partial charge >= 0.3 is 6.09 Å².